The molecule has 3 N–H and O–H groups in total. The Hall–Kier alpha value is -4.71. The zero-order chi connectivity index (χ0) is 30.0. The number of thiophene rings is 1. The quantitative estimate of drug-likeness (QED) is 0.170. The normalized spacial score (nSPS) is 11.5. The summed E-state index contributed by atoms with van der Waals surface area (Å²) in [6.07, 6.45) is -2.83. The van der Waals surface area contributed by atoms with Gasteiger partial charge in [-0.25, -0.2) is 9.37 Å². The average Bonchev–Trinajstić information content (AvgIpc) is 3.58. The third-order valence-electron chi connectivity index (χ3n) is 6.30. The molecule has 0 spiro atoms. The van der Waals surface area contributed by atoms with Gasteiger partial charge >= 0.3 is 6.18 Å². The van der Waals surface area contributed by atoms with E-state index in [9.17, 15) is 27.2 Å². The highest BCUT2D eigenvalue weighted by molar-refractivity contribution is 7.21. The molecular weight excluding hydrogens is 574 g/mol. The molecule has 12 heteroatoms. The van der Waals surface area contributed by atoms with Crippen molar-refractivity contribution in [2.75, 3.05) is 5.32 Å². The number of aryl methyl sites for hydroxylation is 1. The molecule has 0 aliphatic heterocycles. The second-order valence-corrected chi connectivity index (χ2v) is 10.3. The van der Waals surface area contributed by atoms with Gasteiger partial charge in [-0.05, 0) is 65.6 Å². The Morgan fingerprint density at radius 2 is 1.76 bits per heavy atom. The van der Waals surface area contributed by atoms with Crippen molar-refractivity contribution >= 4 is 39.1 Å². The smallest absolute Gasteiger partial charge is 0.433 e. The number of carbonyl (C=O) groups is 2. The molecule has 2 aromatic carbocycles. The average molecular weight is 598 g/mol. The van der Waals surface area contributed by atoms with Crippen LogP contribution in [-0.4, -0.2) is 16.8 Å². The van der Waals surface area contributed by atoms with E-state index in [0.29, 0.717) is 22.8 Å². The predicted molar refractivity (Wildman–Crippen MR) is 150 cm³/mol. The first-order valence-electron chi connectivity index (χ1n) is 12.8. The van der Waals surface area contributed by atoms with Crippen LogP contribution in [0.3, 0.4) is 0 Å². The van der Waals surface area contributed by atoms with Crippen molar-refractivity contribution in [2.24, 2.45) is 5.73 Å². The highest BCUT2D eigenvalue weighted by Crippen LogP contribution is 2.43. The van der Waals surface area contributed by atoms with Crippen LogP contribution >= 0.6 is 11.3 Å². The minimum atomic E-state index is -4.81. The summed E-state index contributed by atoms with van der Waals surface area (Å²) in [5, 5.41) is 2.60. The lowest BCUT2D eigenvalue weighted by molar-refractivity contribution is -0.140. The fourth-order valence-electron chi connectivity index (χ4n) is 4.34. The number of aromatic nitrogens is 1. The topological polar surface area (TPSA) is 107 Å². The molecule has 5 rings (SSSR count). The second-order valence-electron chi connectivity index (χ2n) is 9.31. The Balaban J connectivity index is 1.46. The highest BCUT2D eigenvalue weighted by atomic mass is 32.1. The number of ether oxygens (including phenoxy) is 1. The lowest BCUT2D eigenvalue weighted by Crippen LogP contribution is -2.16. The van der Waals surface area contributed by atoms with E-state index in [0.717, 1.165) is 31.0 Å². The molecule has 0 saturated heterocycles. The number of nitrogens with two attached hydrogens (primary N) is 1. The minimum absolute atomic E-state index is 0.0233. The number of carbonyl (C=O) groups excluding carboxylic acids is 2. The second kappa shape index (κ2) is 11.6. The number of nitrogens with one attached hydrogen (secondary N) is 1. The molecule has 0 aliphatic rings. The molecule has 42 heavy (non-hydrogen) atoms. The SMILES string of the molecule is CCCc1ccc(OCc2ccc(C(=O)Nc3c(C(N)=O)sc4nc(C(F)(F)F)cc(-c5ccc(F)cc5)c34)o2)cc1. The van der Waals surface area contributed by atoms with Gasteiger partial charge in [-0.15, -0.1) is 11.3 Å². The number of hydrogen-bond acceptors (Lipinski definition) is 6. The van der Waals surface area contributed by atoms with Gasteiger partial charge in [0.15, 0.2) is 5.76 Å². The van der Waals surface area contributed by atoms with E-state index in [1.165, 1.54) is 23.8 Å². The molecule has 3 aromatic heterocycles. The van der Waals surface area contributed by atoms with Gasteiger partial charge in [0.05, 0.1) is 5.69 Å². The molecule has 0 saturated carbocycles. The Labute approximate surface area is 240 Å². The number of nitrogens with zero attached hydrogens (tertiary/aromatic N) is 1. The van der Waals surface area contributed by atoms with Crippen LogP contribution in [-0.2, 0) is 19.2 Å². The highest BCUT2D eigenvalue weighted by Gasteiger charge is 2.35. The number of hydrogen-bond donors (Lipinski definition) is 2. The third kappa shape index (κ3) is 6.13. The number of benzene rings is 2. The summed E-state index contributed by atoms with van der Waals surface area (Å²) in [6, 6.07) is 16.1. The van der Waals surface area contributed by atoms with Crippen LogP contribution < -0.4 is 15.8 Å². The fourth-order valence-corrected chi connectivity index (χ4v) is 5.35. The van der Waals surface area contributed by atoms with Crippen LogP contribution in [0.4, 0.5) is 23.2 Å². The first-order chi connectivity index (χ1) is 20.0. The van der Waals surface area contributed by atoms with Gasteiger partial charge in [-0.1, -0.05) is 37.6 Å². The molecule has 0 aliphatic carbocycles. The van der Waals surface area contributed by atoms with Crippen molar-refractivity contribution in [1.82, 2.24) is 4.98 Å². The molecule has 0 bridgehead atoms. The molecule has 0 unspecified atom stereocenters. The maximum absolute atomic E-state index is 13.7. The number of alkyl halides is 3. The van der Waals surface area contributed by atoms with E-state index < -0.39 is 29.5 Å². The Morgan fingerprint density at radius 3 is 2.40 bits per heavy atom. The number of halogens is 4. The van der Waals surface area contributed by atoms with Crippen molar-refractivity contribution in [3.63, 3.8) is 0 Å². The van der Waals surface area contributed by atoms with Crippen LogP contribution in [0, 0.1) is 5.82 Å². The zero-order valence-electron chi connectivity index (χ0n) is 22.0. The van der Waals surface area contributed by atoms with E-state index in [-0.39, 0.29) is 44.3 Å². The maximum Gasteiger partial charge on any atom is 0.433 e. The van der Waals surface area contributed by atoms with Gasteiger partial charge in [-0.2, -0.15) is 13.2 Å². The number of anilines is 1. The Kier molecular flexibility index (Phi) is 7.99. The number of pyridine rings is 1. The Morgan fingerprint density at radius 1 is 1.05 bits per heavy atom. The number of furan rings is 1. The first kappa shape index (κ1) is 28.8. The molecule has 0 fully saturated rings. The van der Waals surface area contributed by atoms with Gasteiger partial charge in [0.2, 0.25) is 0 Å². The lowest BCUT2D eigenvalue weighted by atomic mass is 10.0. The number of fused-ring (bicyclic) bond motifs is 1. The van der Waals surface area contributed by atoms with Gasteiger partial charge in [0.1, 0.15) is 39.3 Å². The molecule has 0 atom stereocenters. The van der Waals surface area contributed by atoms with Crippen molar-refractivity contribution < 1.29 is 36.3 Å². The summed E-state index contributed by atoms with van der Waals surface area (Å²) in [6.45, 7) is 2.13. The summed E-state index contributed by atoms with van der Waals surface area (Å²) in [7, 11) is 0. The lowest BCUT2D eigenvalue weighted by Gasteiger charge is -2.12. The maximum atomic E-state index is 13.7. The number of rotatable bonds is 9. The van der Waals surface area contributed by atoms with Crippen LogP contribution in [0.1, 0.15) is 50.6 Å². The predicted octanol–water partition coefficient (Wildman–Crippen LogP) is 7.60. The van der Waals surface area contributed by atoms with Crippen LogP contribution in [0.25, 0.3) is 21.3 Å². The fraction of sp³-hybridized carbons (Fsp3) is 0.167. The molecular formula is C30H23F4N3O4S. The van der Waals surface area contributed by atoms with E-state index in [4.69, 9.17) is 14.9 Å². The standard InChI is InChI=1S/C30H23F4N3O4S/c1-2-3-16-4-10-19(11-5-16)40-15-20-12-13-22(41-20)28(39)37-25-24-21(17-6-8-18(31)9-7-17)14-23(30(32,33)34)36-29(24)42-26(25)27(35)38/h4-14H,2-3,15H2,1H3,(H2,35,38)(H,37,39). The Bertz CT molecular complexity index is 1760. The monoisotopic (exact) mass is 597 g/mol. The number of primary amides is 1. The van der Waals surface area contributed by atoms with E-state index in [1.807, 2.05) is 24.3 Å². The zero-order valence-corrected chi connectivity index (χ0v) is 22.9. The molecule has 3 heterocycles. The summed E-state index contributed by atoms with van der Waals surface area (Å²) in [5.74, 6) is -1.53. The van der Waals surface area contributed by atoms with Gasteiger partial charge in [0.25, 0.3) is 11.8 Å². The number of amides is 2. The summed E-state index contributed by atoms with van der Waals surface area (Å²) in [5.41, 5.74) is 5.55. The van der Waals surface area contributed by atoms with E-state index in [1.54, 1.807) is 6.07 Å². The van der Waals surface area contributed by atoms with E-state index >= 15 is 0 Å². The summed E-state index contributed by atoms with van der Waals surface area (Å²) < 4.78 is 66.0. The van der Waals surface area contributed by atoms with Crippen molar-refractivity contribution in [1.29, 1.82) is 0 Å². The summed E-state index contributed by atoms with van der Waals surface area (Å²) >= 11 is 0.601. The first-order valence-corrected chi connectivity index (χ1v) is 13.6. The van der Waals surface area contributed by atoms with Gasteiger partial charge in [-0.3, -0.25) is 9.59 Å². The molecule has 7 nitrogen and oxygen atoms in total. The van der Waals surface area contributed by atoms with Crippen LogP contribution in [0.5, 0.6) is 5.75 Å². The van der Waals surface area contributed by atoms with Crippen LogP contribution in [0.2, 0.25) is 0 Å². The van der Waals surface area contributed by atoms with Gasteiger partial charge < -0.3 is 20.2 Å². The van der Waals surface area contributed by atoms with Crippen molar-refractivity contribution in [3.8, 4) is 16.9 Å². The largest absolute Gasteiger partial charge is 0.486 e. The van der Waals surface area contributed by atoms with E-state index in [2.05, 4.69) is 17.2 Å². The molecule has 216 valence electrons. The van der Waals surface area contributed by atoms with Crippen molar-refractivity contribution in [2.45, 2.75) is 32.5 Å². The van der Waals surface area contributed by atoms with Gasteiger partial charge in [0, 0.05) is 5.39 Å². The molecule has 5 aromatic rings. The molecule has 0 radical (unpaired) electrons. The molecule has 2 amide bonds. The third-order valence-corrected chi connectivity index (χ3v) is 7.40. The minimum Gasteiger partial charge on any atom is -0.486 e. The van der Waals surface area contributed by atoms with Crippen LogP contribution in [0.15, 0.2) is 71.1 Å². The summed E-state index contributed by atoms with van der Waals surface area (Å²) in [4.78, 5) is 28.8. The van der Waals surface area contributed by atoms with Crippen molar-refractivity contribution in [3.05, 3.63) is 100 Å².